The highest BCUT2D eigenvalue weighted by Crippen LogP contribution is 2.49. The number of nitrogens with two attached hydrogens (primary N) is 1. The zero-order chi connectivity index (χ0) is 14.2. The lowest BCUT2D eigenvalue weighted by molar-refractivity contribution is -0.118. The minimum Gasteiger partial charge on any atom is -0.399 e. The van der Waals surface area contributed by atoms with Crippen LogP contribution in [0.25, 0.3) is 0 Å². The van der Waals surface area contributed by atoms with Gasteiger partial charge in [-0.25, -0.2) is 4.39 Å². The molecule has 3 N–H and O–H groups in total. The maximum absolute atomic E-state index is 13.9. The van der Waals surface area contributed by atoms with Gasteiger partial charge in [-0.05, 0) is 37.1 Å². The monoisotopic (exact) mass is 270 g/mol. The molecule has 1 saturated carbocycles. The molecule has 0 aliphatic heterocycles. The third-order valence-electron chi connectivity index (χ3n) is 3.72. The molecule has 0 bridgehead atoms. The maximum Gasteiger partial charge on any atom is 0.235 e. The van der Waals surface area contributed by atoms with E-state index in [0.717, 1.165) is 0 Å². The fourth-order valence-electron chi connectivity index (χ4n) is 2.46. The van der Waals surface area contributed by atoms with Crippen LogP contribution in [-0.4, -0.2) is 5.91 Å². The van der Waals surface area contributed by atoms with Gasteiger partial charge in [0.1, 0.15) is 5.82 Å². The second-order valence-corrected chi connectivity index (χ2v) is 5.14. The number of rotatable bonds is 3. The molecule has 0 atom stereocenters. The second-order valence-electron chi connectivity index (χ2n) is 5.14. The molecule has 102 valence electrons. The lowest BCUT2D eigenvalue weighted by Crippen LogP contribution is -2.28. The summed E-state index contributed by atoms with van der Waals surface area (Å²) in [5.41, 5.74) is 6.65. The summed E-state index contributed by atoms with van der Waals surface area (Å²) in [6.45, 7) is 0. The molecule has 1 aliphatic rings. The number of amides is 1. The molecule has 1 fully saturated rings. The van der Waals surface area contributed by atoms with E-state index in [2.05, 4.69) is 5.32 Å². The molecule has 0 unspecified atom stereocenters. The molecule has 1 aliphatic carbocycles. The second kappa shape index (κ2) is 4.63. The molecule has 0 radical (unpaired) electrons. The van der Waals surface area contributed by atoms with Gasteiger partial charge >= 0.3 is 0 Å². The first-order valence-electron chi connectivity index (χ1n) is 6.54. The number of nitrogen functional groups attached to an aromatic ring is 1. The van der Waals surface area contributed by atoms with Gasteiger partial charge in [0.15, 0.2) is 0 Å². The number of carbonyl (C=O) groups is 1. The van der Waals surface area contributed by atoms with Gasteiger partial charge in [0.2, 0.25) is 5.91 Å². The summed E-state index contributed by atoms with van der Waals surface area (Å²) in [5.74, 6) is -0.499. The van der Waals surface area contributed by atoms with Crippen LogP contribution in [0.3, 0.4) is 0 Å². The topological polar surface area (TPSA) is 55.1 Å². The van der Waals surface area contributed by atoms with Crippen molar-refractivity contribution < 1.29 is 9.18 Å². The number of hydrogen-bond acceptors (Lipinski definition) is 2. The van der Waals surface area contributed by atoms with Crippen LogP contribution >= 0.6 is 0 Å². The highest BCUT2D eigenvalue weighted by atomic mass is 19.1. The molecule has 1 amide bonds. The molecule has 3 nitrogen and oxygen atoms in total. The first-order chi connectivity index (χ1) is 9.62. The Morgan fingerprint density at radius 2 is 1.90 bits per heavy atom. The minimum atomic E-state index is -0.726. The molecule has 4 heteroatoms. The Bertz CT molecular complexity index is 665. The summed E-state index contributed by atoms with van der Waals surface area (Å²) < 4.78 is 13.9. The zero-order valence-corrected chi connectivity index (χ0v) is 10.9. The van der Waals surface area contributed by atoms with E-state index in [0.29, 0.717) is 29.8 Å². The molecule has 2 aromatic rings. The standard InChI is InChI=1S/C16H15FN2O/c17-14-7-2-1-6-13(14)16(8-9-16)15(20)19-12-5-3-4-11(18)10-12/h1-7,10H,8-9,18H2,(H,19,20). The molecule has 2 aromatic carbocycles. The van der Waals surface area contributed by atoms with Crippen LogP contribution < -0.4 is 11.1 Å². The summed E-state index contributed by atoms with van der Waals surface area (Å²) in [6, 6.07) is 13.4. The van der Waals surface area contributed by atoms with Crippen LogP contribution in [0.5, 0.6) is 0 Å². The van der Waals surface area contributed by atoms with E-state index >= 15 is 0 Å². The van der Waals surface area contributed by atoms with Crippen LogP contribution in [0.4, 0.5) is 15.8 Å². The molecule has 20 heavy (non-hydrogen) atoms. The normalized spacial score (nSPS) is 15.7. The molecular formula is C16H15FN2O. The van der Waals surface area contributed by atoms with Crippen LogP contribution in [0.2, 0.25) is 0 Å². The van der Waals surface area contributed by atoms with Crippen molar-refractivity contribution in [3.05, 3.63) is 59.9 Å². The Balaban J connectivity index is 1.86. The van der Waals surface area contributed by atoms with Gasteiger partial charge in [0.25, 0.3) is 0 Å². The Morgan fingerprint density at radius 1 is 1.15 bits per heavy atom. The Labute approximate surface area is 116 Å². The lowest BCUT2D eigenvalue weighted by Gasteiger charge is -2.16. The van der Waals surface area contributed by atoms with Gasteiger partial charge in [-0.3, -0.25) is 4.79 Å². The average Bonchev–Trinajstić information content (AvgIpc) is 3.21. The van der Waals surface area contributed by atoms with Crippen molar-refractivity contribution in [2.24, 2.45) is 0 Å². The van der Waals surface area contributed by atoms with E-state index in [-0.39, 0.29) is 11.7 Å². The van der Waals surface area contributed by atoms with Crippen molar-refractivity contribution in [3.8, 4) is 0 Å². The summed E-state index contributed by atoms with van der Waals surface area (Å²) in [7, 11) is 0. The summed E-state index contributed by atoms with van der Waals surface area (Å²) >= 11 is 0. The smallest absolute Gasteiger partial charge is 0.235 e. The van der Waals surface area contributed by atoms with Crippen molar-refractivity contribution in [1.29, 1.82) is 0 Å². The van der Waals surface area contributed by atoms with Gasteiger partial charge in [-0.1, -0.05) is 24.3 Å². The Morgan fingerprint density at radius 3 is 2.55 bits per heavy atom. The van der Waals surface area contributed by atoms with E-state index in [4.69, 9.17) is 5.73 Å². The van der Waals surface area contributed by atoms with Gasteiger partial charge < -0.3 is 11.1 Å². The highest BCUT2D eigenvalue weighted by molar-refractivity contribution is 6.01. The third kappa shape index (κ3) is 2.13. The number of halogens is 1. The summed E-state index contributed by atoms with van der Waals surface area (Å²) in [6.07, 6.45) is 1.34. The van der Waals surface area contributed by atoms with Crippen LogP contribution in [0, 0.1) is 5.82 Å². The van der Waals surface area contributed by atoms with E-state index < -0.39 is 5.41 Å². The highest BCUT2D eigenvalue weighted by Gasteiger charge is 2.52. The van der Waals surface area contributed by atoms with E-state index in [1.165, 1.54) is 6.07 Å². The molecular weight excluding hydrogens is 255 g/mol. The number of carbonyl (C=O) groups excluding carboxylic acids is 1. The zero-order valence-electron chi connectivity index (χ0n) is 10.9. The van der Waals surface area contributed by atoms with Crippen LogP contribution in [0.15, 0.2) is 48.5 Å². The van der Waals surface area contributed by atoms with Crippen LogP contribution in [-0.2, 0) is 10.2 Å². The molecule has 0 aromatic heterocycles. The molecule has 0 saturated heterocycles. The molecule has 0 heterocycles. The Kier molecular flexibility index (Phi) is 2.93. The van der Waals surface area contributed by atoms with Crippen molar-refractivity contribution in [1.82, 2.24) is 0 Å². The fraction of sp³-hybridized carbons (Fsp3) is 0.188. The number of anilines is 2. The predicted octanol–water partition coefficient (Wildman–Crippen LogP) is 3.08. The quantitative estimate of drug-likeness (QED) is 0.842. The Hall–Kier alpha value is -2.36. The van der Waals surface area contributed by atoms with Gasteiger partial charge in [-0.2, -0.15) is 0 Å². The molecule has 0 spiro atoms. The number of hydrogen-bond donors (Lipinski definition) is 2. The minimum absolute atomic E-state index is 0.173. The molecule has 3 rings (SSSR count). The third-order valence-corrected chi connectivity index (χ3v) is 3.72. The lowest BCUT2D eigenvalue weighted by atomic mass is 9.94. The van der Waals surface area contributed by atoms with E-state index in [1.807, 2.05) is 0 Å². The summed E-state index contributed by atoms with van der Waals surface area (Å²) in [4.78, 5) is 12.4. The van der Waals surface area contributed by atoms with Gasteiger partial charge in [0.05, 0.1) is 5.41 Å². The SMILES string of the molecule is Nc1cccc(NC(=O)C2(c3ccccc3F)CC2)c1. The fourth-order valence-corrected chi connectivity index (χ4v) is 2.46. The van der Waals surface area contributed by atoms with Gasteiger partial charge in [0, 0.05) is 16.9 Å². The first-order valence-corrected chi connectivity index (χ1v) is 6.54. The van der Waals surface area contributed by atoms with Crippen molar-refractivity contribution >= 4 is 17.3 Å². The first kappa shape index (κ1) is 12.7. The van der Waals surface area contributed by atoms with Gasteiger partial charge in [-0.15, -0.1) is 0 Å². The number of benzene rings is 2. The van der Waals surface area contributed by atoms with E-state index in [9.17, 15) is 9.18 Å². The number of nitrogens with one attached hydrogen (secondary N) is 1. The predicted molar refractivity (Wildman–Crippen MR) is 76.8 cm³/mol. The van der Waals surface area contributed by atoms with Crippen LogP contribution in [0.1, 0.15) is 18.4 Å². The average molecular weight is 270 g/mol. The van der Waals surface area contributed by atoms with E-state index in [1.54, 1.807) is 42.5 Å². The summed E-state index contributed by atoms with van der Waals surface area (Å²) in [5, 5.41) is 2.83. The maximum atomic E-state index is 13.9. The van der Waals surface area contributed by atoms with Crippen molar-refractivity contribution in [2.45, 2.75) is 18.3 Å². The van der Waals surface area contributed by atoms with Crippen molar-refractivity contribution in [3.63, 3.8) is 0 Å². The largest absolute Gasteiger partial charge is 0.399 e. The van der Waals surface area contributed by atoms with Crippen molar-refractivity contribution in [2.75, 3.05) is 11.1 Å².